The molecule has 1 aliphatic heterocycles. The van der Waals surface area contributed by atoms with Gasteiger partial charge in [0.05, 0.1) is 0 Å². The monoisotopic (exact) mass is 355 g/mol. The lowest BCUT2D eigenvalue weighted by Gasteiger charge is -2.37. The van der Waals surface area contributed by atoms with Crippen LogP contribution in [-0.2, 0) is 11.3 Å². The molecule has 1 fully saturated rings. The average Bonchev–Trinajstić information content (AvgIpc) is 3.27. The second-order valence-electron chi connectivity index (χ2n) is 6.42. The van der Waals surface area contributed by atoms with Gasteiger partial charge in [-0.2, -0.15) is 0 Å². The molecular weight excluding hydrogens is 334 g/mol. The molecule has 1 aliphatic rings. The zero-order valence-electron chi connectivity index (χ0n) is 13.9. The topological polar surface area (TPSA) is 59.6 Å². The molecule has 3 aromatic rings. The van der Waals surface area contributed by atoms with Gasteiger partial charge in [0.2, 0.25) is 0 Å². The molecule has 1 aromatic carbocycles. The van der Waals surface area contributed by atoms with E-state index >= 15 is 0 Å². The largest absolute Gasteiger partial charge is 0.480 e. The molecule has 0 spiro atoms. The first-order valence-electron chi connectivity index (χ1n) is 8.50. The summed E-state index contributed by atoms with van der Waals surface area (Å²) in [4.78, 5) is 21.1. The summed E-state index contributed by atoms with van der Waals surface area (Å²) < 4.78 is 0. The number of hydrogen-bond acceptors (Lipinski definition) is 4. The fourth-order valence-electron chi connectivity index (χ4n) is 3.61. The van der Waals surface area contributed by atoms with Crippen molar-refractivity contribution in [2.24, 2.45) is 0 Å². The Morgan fingerprint density at radius 3 is 2.68 bits per heavy atom. The maximum Gasteiger partial charge on any atom is 0.325 e. The van der Waals surface area contributed by atoms with E-state index in [1.807, 2.05) is 30.5 Å². The summed E-state index contributed by atoms with van der Waals surface area (Å²) in [6, 6.07) is 11.5. The molecule has 2 N–H and O–H groups in total. The first-order valence-corrected chi connectivity index (χ1v) is 9.38. The Morgan fingerprint density at radius 2 is 1.96 bits per heavy atom. The molecule has 3 heterocycles. The van der Waals surface area contributed by atoms with Gasteiger partial charge < -0.3 is 10.1 Å². The van der Waals surface area contributed by atoms with E-state index in [-0.39, 0.29) is 0 Å². The van der Waals surface area contributed by atoms with E-state index < -0.39 is 12.0 Å². The zero-order valence-corrected chi connectivity index (χ0v) is 14.7. The van der Waals surface area contributed by atoms with Crippen molar-refractivity contribution >= 4 is 28.2 Å². The summed E-state index contributed by atoms with van der Waals surface area (Å²) in [7, 11) is 0. The van der Waals surface area contributed by atoms with Crippen LogP contribution < -0.4 is 0 Å². The maximum atomic E-state index is 12.0. The third-order valence-electron chi connectivity index (χ3n) is 4.88. The van der Waals surface area contributed by atoms with Gasteiger partial charge in [0.15, 0.2) is 0 Å². The van der Waals surface area contributed by atoms with Gasteiger partial charge in [0.25, 0.3) is 0 Å². The summed E-state index contributed by atoms with van der Waals surface area (Å²) in [6.07, 6.45) is 1.85. The highest BCUT2D eigenvalue weighted by Gasteiger charge is 2.32. The van der Waals surface area contributed by atoms with Crippen LogP contribution in [0.5, 0.6) is 0 Å². The van der Waals surface area contributed by atoms with Crippen LogP contribution in [0, 0.1) is 0 Å². The summed E-state index contributed by atoms with van der Waals surface area (Å²) in [5.74, 6) is -0.781. The number of aliphatic carboxylic acids is 1. The quantitative estimate of drug-likeness (QED) is 0.738. The smallest absolute Gasteiger partial charge is 0.325 e. The number of aromatic nitrogens is 1. The molecule has 0 aliphatic carbocycles. The molecule has 0 unspecified atom stereocenters. The first kappa shape index (κ1) is 16.3. The number of carboxylic acids is 1. The Bertz CT molecular complexity index is 851. The molecule has 6 heteroatoms. The Labute approximate surface area is 150 Å². The zero-order chi connectivity index (χ0) is 17.2. The van der Waals surface area contributed by atoms with E-state index in [0.29, 0.717) is 0 Å². The number of para-hydroxylation sites is 1. The number of aromatic amines is 1. The van der Waals surface area contributed by atoms with Crippen LogP contribution in [0.25, 0.3) is 10.9 Å². The van der Waals surface area contributed by atoms with Gasteiger partial charge in [-0.3, -0.25) is 14.6 Å². The molecule has 2 aromatic heterocycles. The van der Waals surface area contributed by atoms with Crippen molar-refractivity contribution < 1.29 is 9.90 Å². The lowest BCUT2D eigenvalue weighted by Crippen LogP contribution is -2.48. The molecule has 25 heavy (non-hydrogen) atoms. The maximum absolute atomic E-state index is 12.0. The third kappa shape index (κ3) is 3.33. The molecule has 1 saturated heterocycles. The van der Waals surface area contributed by atoms with E-state index in [9.17, 15) is 9.90 Å². The minimum atomic E-state index is -0.781. The number of nitrogens with zero attached hydrogens (tertiary/aromatic N) is 2. The van der Waals surface area contributed by atoms with E-state index in [2.05, 4.69) is 32.3 Å². The molecule has 4 rings (SSSR count). The van der Waals surface area contributed by atoms with Crippen molar-refractivity contribution in [3.63, 3.8) is 0 Å². The molecule has 0 radical (unpaired) electrons. The molecule has 0 amide bonds. The number of carbonyl (C=O) groups is 1. The van der Waals surface area contributed by atoms with Crippen LogP contribution >= 0.6 is 11.3 Å². The van der Waals surface area contributed by atoms with Gasteiger partial charge in [0, 0.05) is 60.3 Å². The molecule has 5 nitrogen and oxygen atoms in total. The minimum Gasteiger partial charge on any atom is -0.480 e. The molecule has 0 saturated carbocycles. The molecule has 1 atom stereocenters. The van der Waals surface area contributed by atoms with E-state index in [4.69, 9.17) is 0 Å². The van der Waals surface area contributed by atoms with Gasteiger partial charge in [0.1, 0.15) is 6.04 Å². The number of fused-ring (bicyclic) bond motifs is 1. The second kappa shape index (κ2) is 7.00. The van der Waals surface area contributed by atoms with Gasteiger partial charge in [-0.15, -0.1) is 11.3 Å². The Kier molecular flexibility index (Phi) is 4.57. The summed E-state index contributed by atoms with van der Waals surface area (Å²) in [5.41, 5.74) is 1.84. The van der Waals surface area contributed by atoms with Crippen LogP contribution in [0.3, 0.4) is 0 Å². The predicted octanol–water partition coefficient (Wildman–Crippen LogP) is 3.17. The SMILES string of the molecule is O=C(O)[C@H](c1c[nH]c2ccccc12)N1CCN(Cc2cccs2)CC1. The lowest BCUT2D eigenvalue weighted by molar-refractivity contribution is -0.144. The van der Waals surface area contributed by atoms with Crippen LogP contribution in [0.15, 0.2) is 48.0 Å². The van der Waals surface area contributed by atoms with Crippen molar-refractivity contribution in [2.45, 2.75) is 12.6 Å². The second-order valence-corrected chi connectivity index (χ2v) is 7.45. The van der Waals surface area contributed by atoms with E-state index in [1.165, 1.54) is 4.88 Å². The summed E-state index contributed by atoms with van der Waals surface area (Å²) in [5, 5.41) is 13.0. The number of benzene rings is 1. The fraction of sp³-hybridized carbons (Fsp3) is 0.316. The first-order chi connectivity index (χ1) is 12.2. The Balaban J connectivity index is 1.50. The standard InChI is InChI=1S/C19H21N3O2S/c23-19(24)18(16-12-20-17-6-2-1-5-15(16)17)22-9-7-21(8-10-22)13-14-4-3-11-25-14/h1-6,11-12,18,20H,7-10,13H2,(H,23,24)/t18-/m0/s1. The third-order valence-corrected chi connectivity index (χ3v) is 5.74. The highest BCUT2D eigenvalue weighted by atomic mass is 32.1. The van der Waals surface area contributed by atoms with E-state index in [0.717, 1.165) is 49.2 Å². The number of carboxylic acid groups (broad SMARTS) is 1. The number of thiophene rings is 1. The van der Waals surface area contributed by atoms with Crippen LogP contribution in [0.1, 0.15) is 16.5 Å². The van der Waals surface area contributed by atoms with Gasteiger partial charge in [-0.1, -0.05) is 24.3 Å². The van der Waals surface area contributed by atoms with Gasteiger partial charge >= 0.3 is 5.97 Å². The number of H-pyrrole nitrogens is 1. The molecular formula is C19H21N3O2S. The highest BCUT2D eigenvalue weighted by Crippen LogP contribution is 2.29. The average molecular weight is 355 g/mol. The van der Waals surface area contributed by atoms with Crippen LogP contribution in [-0.4, -0.2) is 52.0 Å². The fourth-order valence-corrected chi connectivity index (χ4v) is 4.35. The van der Waals surface area contributed by atoms with E-state index in [1.54, 1.807) is 11.3 Å². The minimum absolute atomic E-state index is 0.597. The number of hydrogen-bond donors (Lipinski definition) is 2. The van der Waals surface area contributed by atoms with Crippen LogP contribution in [0.2, 0.25) is 0 Å². The summed E-state index contributed by atoms with van der Waals surface area (Å²) in [6.45, 7) is 4.27. The lowest BCUT2D eigenvalue weighted by atomic mass is 10.0. The number of piperazine rings is 1. The summed E-state index contributed by atoms with van der Waals surface area (Å²) >= 11 is 1.77. The van der Waals surface area contributed by atoms with Gasteiger partial charge in [-0.25, -0.2) is 0 Å². The molecule has 0 bridgehead atoms. The van der Waals surface area contributed by atoms with Crippen molar-refractivity contribution in [3.8, 4) is 0 Å². The Morgan fingerprint density at radius 1 is 1.16 bits per heavy atom. The predicted molar refractivity (Wildman–Crippen MR) is 99.8 cm³/mol. The van der Waals surface area contributed by atoms with Crippen molar-refractivity contribution in [3.05, 3.63) is 58.4 Å². The number of nitrogens with one attached hydrogen (secondary N) is 1. The molecule has 130 valence electrons. The normalized spacial score (nSPS) is 17.8. The van der Waals surface area contributed by atoms with Crippen LogP contribution in [0.4, 0.5) is 0 Å². The van der Waals surface area contributed by atoms with Crippen molar-refractivity contribution in [1.29, 1.82) is 0 Å². The Hall–Kier alpha value is -2.15. The number of rotatable bonds is 5. The highest BCUT2D eigenvalue weighted by molar-refractivity contribution is 7.09. The van der Waals surface area contributed by atoms with Crippen molar-refractivity contribution in [2.75, 3.05) is 26.2 Å². The van der Waals surface area contributed by atoms with Gasteiger partial charge in [-0.05, 0) is 17.5 Å². The van der Waals surface area contributed by atoms with Crippen molar-refractivity contribution in [1.82, 2.24) is 14.8 Å².